The SMILES string of the molecule is CN1C(=O)[C@@H](N)[C@]1(C)c1cccs1. The Kier molecular flexibility index (Phi) is 1.72. The number of thiophene rings is 1. The fourth-order valence-corrected chi connectivity index (χ4v) is 2.67. The standard InChI is InChI=1S/C9H12N2OS/c1-9(6-4-3-5-13-6)7(10)8(12)11(9)2/h3-5,7H,10H2,1-2H3/t7-,9+/m1/s1. The summed E-state index contributed by atoms with van der Waals surface area (Å²) in [5.74, 6) is 0.0240. The molecular formula is C9H12N2OS. The van der Waals surface area contributed by atoms with E-state index in [0.717, 1.165) is 4.88 Å². The molecule has 0 unspecified atom stereocenters. The summed E-state index contributed by atoms with van der Waals surface area (Å²) in [4.78, 5) is 14.1. The lowest BCUT2D eigenvalue weighted by Crippen LogP contribution is -2.72. The zero-order valence-electron chi connectivity index (χ0n) is 7.65. The van der Waals surface area contributed by atoms with Crippen molar-refractivity contribution < 1.29 is 4.79 Å². The molecule has 1 saturated heterocycles. The van der Waals surface area contributed by atoms with Crippen molar-refractivity contribution in [2.24, 2.45) is 5.73 Å². The summed E-state index contributed by atoms with van der Waals surface area (Å²) in [6.45, 7) is 2.00. The second-order valence-corrected chi connectivity index (χ2v) is 4.45. The van der Waals surface area contributed by atoms with Crippen molar-refractivity contribution in [3.05, 3.63) is 22.4 Å². The van der Waals surface area contributed by atoms with Crippen molar-refractivity contribution in [3.8, 4) is 0 Å². The number of hydrogen-bond acceptors (Lipinski definition) is 3. The smallest absolute Gasteiger partial charge is 0.242 e. The number of amides is 1. The van der Waals surface area contributed by atoms with Crippen LogP contribution in [0.2, 0.25) is 0 Å². The average molecular weight is 196 g/mol. The molecule has 0 radical (unpaired) electrons. The van der Waals surface area contributed by atoms with E-state index in [1.165, 1.54) is 0 Å². The predicted octanol–water partition coefficient (Wildman–Crippen LogP) is 0.763. The van der Waals surface area contributed by atoms with Crippen LogP contribution in [0.15, 0.2) is 17.5 Å². The van der Waals surface area contributed by atoms with Crippen LogP contribution in [-0.2, 0) is 10.3 Å². The molecule has 0 aliphatic carbocycles. The summed E-state index contributed by atoms with van der Waals surface area (Å²) in [5.41, 5.74) is 5.51. The van der Waals surface area contributed by atoms with Crippen LogP contribution in [0.3, 0.4) is 0 Å². The first-order valence-corrected chi connectivity index (χ1v) is 5.03. The van der Waals surface area contributed by atoms with E-state index in [1.807, 2.05) is 24.4 Å². The highest BCUT2D eigenvalue weighted by molar-refractivity contribution is 7.10. The van der Waals surface area contributed by atoms with Crippen LogP contribution in [-0.4, -0.2) is 23.9 Å². The molecule has 1 aromatic heterocycles. The van der Waals surface area contributed by atoms with Crippen LogP contribution in [0.1, 0.15) is 11.8 Å². The van der Waals surface area contributed by atoms with Crippen molar-refractivity contribution in [2.75, 3.05) is 7.05 Å². The molecule has 13 heavy (non-hydrogen) atoms. The maximum atomic E-state index is 11.3. The Bertz CT molecular complexity index is 321. The molecule has 1 amide bonds. The van der Waals surface area contributed by atoms with E-state index in [-0.39, 0.29) is 17.5 Å². The normalized spacial score (nSPS) is 33.3. The van der Waals surface area contributed by atoms with Gasteiger partial charge >= 0.3 is 0 Å². The van der Waals surface area contributed by atoms with Crippen molar-refractivity contribution in [3.63, 3.8) is 0 Å². The Morgan fingerprint density at radius 2 is 2.38 bits per heavy atom. The molecule has 4 heteroatoms. The lowest BCUT2D eigenvalue weighted by Gasteiger charge is -2.52. The third kappa shape index (κ3) is 0.899. The monoisotopic (exact) mass is 196 g/mol. The van der Waals surface area contributed by atoms with Crippen molar-refractivity contribution >= 4 is 17.2 Å². The topological polar surface area (TPSA) is 46.3 Å². The van der Waals surface area contributed by atoms with E-state index in [4.69, 9.17) is 5.73 Å². The molecule has 2 atom stereocenters. The van der Waals surface area contributed by atoms with Gasteiger partial charge < -0.3 is 10.6 Å². The minimum absolute atomic E-state index is 0.0240. The third-order valence-electron chi connectivity index (χ3n) is 2.92. The largest absolute Gasteiger partial charge is 0.332 e. The molecule has 0 bridgehead atoms. The van der Waals surface area contributed by atoms with Gasteiger partial charge in [-0.2, -0.15) is 0 Å². The molecule has 2 heterocycles. The number of likely N-dealkylation sites (N-methyl/N-ethyl adjacent to an activating group) is 1. The van der Waals surface area contributed by atoms with Crippen LogP contribution in [0.25, 0.3) is 0 Å². The van der Waals surface area contributed by atoms with Crippen molar-refractivity contribution in [2.45, 2.75) is 18.5 Å². The number of nitrogens with zero attached hydrogens (tertiary/aromatic N) is 1. The molecule has 1 fully saturated rings. The van der Waals surface area contributed by atoms with Gasteiger partial charge in [0.15, 0.2) is 0 Å². The predicted molar refractivity (Wildman–Crippen MR) is 52.4 cm³/mol. The lowest BCUT2D eigenvalue weighted by atomic mass is 9.80. The quantitative estimate of drug-likeness (QED) is 0.674. The van der Waals surface area contributed by atoms with Gasteiger partial charge in [-0.3, -0.25) is 4.79 Å². The Morgan fingerprint density at radius 3 is 2.85 bits per heavy atom. The van der Waals surface area contributed by atoms with E-state index in [1.54, 1.807) is 23.3 Å². The summed E-state index contributed by atoms with van der Waals surface area (Å²) in [5, 5.41) is 2.00. The number of carbonyl (C=O) groups excluding carboxylic acids is 1. The molecule has 1 aromatic rings. The van der Waals surface area contributed by atoms with Crippen LogP contribution in [0, 0.1) is 0 Å². The zero-order chi connectivity index (χ0) is 9.64. The van der Waals surface area contributed by atoms with Crippen LogP contribution in [0.4, 0.5) is 0 Å². The van der Waals surface area contributed by atoms with E-state index >= 15 is 0 Å². The second kappa shape index (κ2) is 2.56. The van der Waals surface area contributed by atoms with Crippen LogP contribution >= 0.6 is 11.3 Å². The Labute approximate surface area is 81.2 Å². The fraction of sp³-hybridized carbons (Fsp3) is 0.444. The van der Waals surface area contributed by atoms with Gasteiger partial charge in [-0.05, 0) is 18.4 Å². The molecular weight excluding hydrogens is 184 g/mol. The lowest BCUT2D eigenvalue weighted by molar-refractivity contribution is -0.156. The maximum absolute atomic E-state index is 11.3. The molecule has 3 nitrogen and oxygen atoms in total. The highest BCUT2D eigenvalue weighted by Gasteiger charge is 2.54. The summed E-state index contributed by atoms with van der Waals surface area (Å²) in [6.07, 6.45) is 0. The summed E-state index contributed by atoms with van der Waals surface area (Å²) in [7, 11) is 1.80. The third-order valence-corrected chi connectivity index (χ3v) is 4.02. The number of hydrogen-bond donors (Lipinski definition) is 1. The maximum Gasteiger partial charge on any atom is 0.242 e. The fourth-order valence-electron chi connectivity index (χ4n) is 1.71. The van der Waals surface area contributed by atoms with Crippen molar-refractivity contribution in [1.82, 2.24) is 4.90 Å². The minimum atomic E-state index is -0.379. The second-order valence-electron chi connectivity index (χ2n) is 3.50. The van der Waals surface area contributed by atoms with Gasteiger partial charge in [0.1, 0.15) is 6.04 Å². The molecule has 0 aromatic carbocycles. The van der Waals surface area contributed by atoms with E-state index in [9.17, 15) is 4.79 Å². The van der Waals surface area contributed by atoms with Gasteiger partial charge in [-0.15, -0.1) is 11.3 Å². The molecule has 2 N–H and O–H groups in total. The van der Waals surface area contributed by atoms with E-state index in [2.05, 4.69) is 0 Å². The Balaban J connectivity index is 2.38. The first-order chi connectivity index (χ1) is 6.08. The number of nitrogens with two attached hydrogens (primary N) is 1. The number of rotatable bonds is 1. The number of carbonyl (C=O) groups is 1. The minimum Gasteiger partial charge on any atom is -0.332 e. The Hall–Kier alpha value is -0.870. The van der Waals surface area contributed by atoms with Gasteiger partial charge in [-0.1, -0.05) is 6.07 Å². The highest BCUT2D eigenvalue weighted by atomic mass is 32.1. The molecule has 1 aliphatic rings. The van der Waals surface area contributed by atoms with Gasteiger partial charge in [0.2, 0.25) is 5.91 Å². The van der Waals surface area contributed by atoms with E-state index < -0.39 is 0 Å². The summed E-state index contributed by atoms with van der Waals surface area (Å²) >= 11 is 1.64. The highest BCUT2D eigenvalue weighted by Crippen LogP contribution is 2.40. The van der Waals surface area contributed by atoms with Gasteiger partial charge in [0, 0.05) is 11.9 Å². The Morgan fingerprint density at radius 1 is 1.69 bits per heavy atom. The van der Waals surface area contributed by atoms with Gasteiger partial charge in [-0.25, -0.2) is 0 Å². The average Bonchev–Trinajstić information content (AvgIpc) is 2.67. The molecule has 70 valence electrons. The first kappa shape index (κ1) is 8.72. The van der Waals surface area contributed by atoms with E-state index in [0.29, 0.717) is 0 Å². The number of β-lactam (4-membered cyclic amide) rings is 1. The summed E-state index contributed by atoms with van der Waals surface area (Å²) < 4.78 is 0. The van der Waals surface area contributed by atoms with Crippen LogP contribution in [0.5, 0.6) is 0 Å². The van der Waals surface area contributed by atoms with Crippen LogP contribution < -0.4 is 5.73 Å². The van der Waals surface area contributed by atoms with Crippen molar-refractivity contribution in [1.29, 1.82) is 0 Å². The zero-order valence-corrected chi connectivity index (χ0v) is 8.47. The van der Waals surface area contributed by atoms with Gasteiger partial charge in [0.05, 0.1) is 5.54 Å². The van der Waals surface area contributed by atoms with Gasteiger partial charge in [0.25, 0.3) is 0 Å². The first-order valence-electron chi connectivity index (χ1n) is 4.15. The summed E-state index contributed by atoms with van der Waals surface area (Å²) in [6, 6.07) is 3.62. The molecule has 2 rings (SSSR count). The molecule has 0 spiro atoms. The molecule has 0 saturated carbocycles. The molecule has 1 aliphatic heterocycles. The number of likely N-dealkylation sites (tertiary alicyclic amines) is 1.